The quantitative estimate of drug-likeness (QED) is 0.0286. The molecule has 0 aliphatic heterocycles. The molecule has 0 fully saturated rings. The predicted molar refractivity (Wildman–Crippen MR) is 226 cm³/mol. The molecule has 0 aliphatic rings. The second-order valence-electron chi connectivity index (χ2n) is 14.0. The van der Waals surface area contributed by atoms with Gasteiger partial charge in [-0.3, -0.25) is 4.99 Å². The van der Waals surface area contributed by atoms with E-state index in [0.717, 1.165) is 47.6 Å². The number of hydrogen-bond donors (Lipinski definition) is 0. The van der Waals surface area contributed by atoms with Gasteiger partial charge in [-0.15, -0.1) is 0 Å². The van der Waals surface area contributed by atoms with Crippen LogP contribution in [0.2, 0.25) is 0 Å². The lowest BCUT2D eigenvalue weighted by Gasteiger charge is -2.09. The number of carbonyl (C=O) groups is 2. The SMILES string of the molecule is CCCCCCCCOc1ccc(C(=O)Oc2ccc(N=Cc3cccc(OC(=O)c4ccc(-c5ccc(OCCCCCCCC)cc5)cc4)c3)cc2)cc1. The van der Waals surface area contributed by atoms with E-state index in [4.69, 9.17) is 18.9 Å². The molecule has 0 spiro atoms. The van der Waals surface area contributed by atoms with Crippen molar-refractivity contribution in [3.8, 4) is 34.1 Å². The van der Waals surface area contributed by atoms with Crippen molar-refractivity contribution in [2.45, 2.75) is 90.9 Å². The highest BCUT2D eigenvalue weighted by Gasteiger charge is 2.11. The molecule has 0 atom stereocenters. The summed E-state index contributed by atoms with van der Waals surface area (Å²) in [6.07, 6.45) is 16.4. The van der Waals surface area contributed by atoms with Gasteiger partial charge in [0.2, 0.25) is 0 Å². The molecule has 0 heterocycles. The fourth-order valence-electron chi connectivity index (χ4n) is 6.11. The molecular weight excluding hydrogens is 699 g/mol. The fourth-order valence-corrected chi connectivity index (χ4v) is 6.11. The van der Waals surface area contributed by atoms with Crippen LogP contribution in [0.15, 0.2) is 126 Å². The van der Waals surface area contributed by atoms with Crippen molar-refractivity contribution in [1.82, 2.24) is 0 Å². The molecule has 5 rings (SSSR count). The molecule has 5 aromatic carbocycles. The Balaban J connectivity index is 1.05. The Kier molecular flexibility index (Phi) is 17.2. The summed E-state index contributed by atoms with van der Waals surface area (Å²) in [6.45, 7) is 5.86. The summed E-state index contributed by atoms with van der Waals surface area (Å²) in [5.41, 5.74) is 4.39. The van der Waals surface area contributed by atoms with Gasteiger partial charge in [-0.1, -0.05) is 114 Å². The number of carbonyl (C=O) groups excluding carboxylic acids is 2. The minimum absolute atomic E-state index is 0.416. The van der Waals surface area contributed by atoms with Gasteiger partial charge in [-0.2, -0.15) is 0 Å². The lowest BCUT2D eigenvalue weighted by molar-refractivity contribution is 0.0725. The smallest absolute Gasteiger partial charge is 0.343 e. The zero-order valence-electron chi connectivity index (χ0n) is 32.9. The van der Waals surface area contributed by atoms with Gasteiger partial charge in [0.05, 0.1) is 30.0 Å². The van der Waals surface area contributed by atoms with Gasteiger partial charge < -0.3 is 18.9 Å². The summed E-state index contributed by atoms with van der Waals surface area (Å²) in [4.78, 5) is 30.2. The largest absolute Gasteiger partial charge is 0.494 e. The zero-order valence-corrected chi connectivity index (χ0v) is 32.9. The Morgan fingerprint density at radius 2 is 0.929 bits per heavy atom. The van der Waals surface area contributed by atoms with Crippen LogP contribution >= 0.6 is 0 Å². The molecule has 0 aliphatic carbocycles. The molecule has 5 aromatic rings. The number of esters is 2. The van der Waals surface area contributed by atoms with Crippen LogP contribution in [0.1, 0.15) is 117 Å². The predicted octanol–water partition coefficient (Wildman–Crippen LogP) is 13.0. The van der Waals surface area contributed by atoms with Gasteiger partial charge in [0, 0.05) is 6.21 Å². The molecule has 56 heavy (non-hydrogen) atoms. The molecule has 0 aromatic heterocycles. The van der Waals surface area contributed by atoms with Crippen molar-refractivity contribution in [3.05, 3.63) is 138 Å². The van der Waals surface area contributed by atoms with Gasteiger partial charge in [-0.25, -0.2) is 9.59 Å². The second-order valence-corrected chi connectivity index (χ2v) is 14.0. The standard InChI is InChI=1S/C49H55NO6/c1-3-5-7-9-11-13-34-53-44-28-22-40(23-29-44)39-18-20-41(21-19-39)49(52)56-47-17-15-16-38(36-47)37-50-43-26-32-46(33-27-43)55-48(51)42-24-30-45(31-25-42)54-35-14-12-10-8-6-4-2/h15-33,36-37H,3-14,34-35H2,1-2H3. The molecule has 0 amide bonds. The Morgan fingerprint density at radius 3 is 1.48 bits per heavy atom. The van der Waals surface area contributed by atoms with Crippen LogP contribution in [0.5, 0.6) is 23.0 Å². The molecule has 7 nitrogen and oxygen atoms in total. The van der Waals surface area contributed by atoms with Crippen LogP contribution in [-0.2, 0) is 0 Å². The van der Waals surface area contributed by atoms with Crippen LogP contribution < -0.4 is 18.9 Å². The average Bonchev–Trinajstić information content (AvgIpc) is 3.23. The molecule has 0 saturated heterocycles. The van der Waals surface area contributed by atoms with Crippen LogP contribution in [0.25, 0.3) is 11.1 Å². The third-order valence-corrected chi connectivity index (χ3v) is 9.41. The number of hydrogen-bond acceptors (Lipinski definition) is 7. The molecule has 0 saturated carbocycles. The minimum atomic E-state index is -0.444. The minimum Gasteiger partial charge on any atom is -0.494 e. The van der Waals surface area contributed by atoms with Crippen molar-refractivity contribution >= 4 is 23.8 Å². The zero-order chi connectivity index (χ0) is 39.2. The van der Waals surface area contributed by atoms with Crippen molar-refractivity contribution < 1.29 is 28.5 Å². The van der Waals surface area contributed by atoms with E-state index in [1.807, 2.05) is 48.5 Å². The van der Waals surface area contributed by atoms with E-state index < -0.39 is 11.9 Å². The van der Waals surface area contributed by atoms with Crippen molar-refractivity contribution in [1.29, 1.82) is 0 Å². The van der Waals surface area contributed by atoms with E-state index in [2.05, 4.69) is 18.8 Å². The van der Waals surface area contributed by atoms with Crippen LogP contribution in [-0.4, -0.2) is 31.4 Å². The summed E-state index contributed by atoms with van der Waals surface area (Å²) >= 11 is 0. The summed E-state index contributed by atoms with van der Waals surface area (Å²) in [6, 6.07) is 36.6. The number of unbranched alkanes of at least 4 members (excludes halogenated alkanes) is 10. The summed E-state index contributed by atoms with van der Waals surface area (Å²) in [5, 5.41) is 0. The molecule has 7 heteroatoms. The lowest BCUT2D eigenvalue weighted by atomic mass is 10.0. The number of aliphatic imine (C=N–C) groups is 1. The van der Waals surface area contributed by atoms with Crippen molar-refractivity contribution in [3.63, 3.8) is 0 Å². The molecule has 0 bridgehead atoms. The third-order valence-electron chi connectivity index (χ3n) is 9.41. The molecule has 0 unspecified atom stereocenters. The normalized spacial score (nSPS) is 11.0. The third kappa shape index (κ3) is 14.2. The molecule has 292 valence electrons. The van der Waals surface area contributed by atoms with Crippen LogP contribution in [0, 0.1) is 0 Å². The van der Waals surface area contributed by atoms with Gasteiger partial charge in [0.25, 0.3) is 0 Å². The Hall–Kier alpha value is -5.69. The van der Waals surface area contributed by atoms with E-state index in [1.54, 1.807) is 79.0 Å². The van der Waals surface area contributed by atoms with E-state index in [9.17, 15) is 9.59 Å². The Morgan fingerprint density at radius 1 is 0.482 bits per heavy atom. The monoisotopic (exact) mass is 753 g/mol. The highest BCUT2D eigenvalue weighted by atomic mass is 16.5. The van der Waals surface area contributed by atoms with Gasteiger partial charge in [-0.05, 0) is 114 Å². The van der Waals surface area contributed by atoms with E-state index in [1.165, 1.54) is 64.2 Å². The first-order valence-corrected chi connectivity index (χ1v) is 20.3. The first-order valence-electron chi connectivity index (χ1n) is 20.3. The first-order chi connectivity index (χ1) is 27.5. The van der Waals surface area contributed by atoms with Crippen LogP contribution in [0.3, 0.4) is 0 Å². The van der Waals surface area contributed by atoms with Crippen molar-refractivity contribution in [2.24, 2.45) is 4.99 Å². The summed E-state index contributed by atoms with van der Waals surface area (Å²) in [7, 11) is 0. The van der Waals surface area contributed by atoms with Gasteiger partial charge in [0.1, 0.15) is 23.0 Å². The maximum absolute atomic E-state index is 13.0. The van der Waals surface area contributed by atoms with E-state index in [0.29, 0.717) is 34.9 Å². The van der Waals surface area contributed by atoms with E-state index in [-0.39, 0.29) is 0 Å². The number of benzene rings is 5. The summed E-state index contributed by atoms with van der Waals surface area (Å²) < 4.78 is 23.0. The Bertz CT molecular complexity index is 1930. The lowest BCUT2D eigenvalue weighted by Crippen LogP contribution is -2.08. The van der Waals surface area contributed by atoms with Crippen molar-refractivity contribution in [2.75, 3.05) is 13.2 Å². The maximum atomic E-state index is 13.0. The number of rotatable bonds is 23. The highest BCUT2D eigenvalue weighted by molar-refractivity contribution is 5.92. The van der Waals surface area contributed by atoms with Gasteiger partial charge in [0.15, 0.2) is 0 Å². The Labute approximate surface area is 332 Å². The van der Waals surface area contributed by atoms with Gasteiger partial charge >= 0.3 is 11.9 Å². The van der Waals surface area contributed by atoms with E-state index >= 15 is 0 Å². The molecule has 0 radical (unpaired) electrons. The molecular formula is C49H55NO6. The van der Waals surface area contributed by atoms with Crippen LogP contribution in [0.4, 0.5) is 5.69 Å². The second kappa shape index (κ2) is 23.3. The highest BCUT2D eigenvalue weighted by Crippen LogP contribution is 2.25. The first kappa shape index (κ1) is 41.5. The summed E-state index contributed by atoms with van der Waals surface area (Å²) in [5.74, 6) is 1.56. The topological polar surface area (TPSA) is 83.4 Å². The number of ether oxygens (including phenoxy) is 4. The average molecular weight is 754 g/mol. The molecule has 0 N–H and O–H groups in total. The fraction of sp³-hybridized carbons (Fsp3) is 0.327. The maximum Gasteiger partial charge on any atom is 0.343 e. The number of nitrogens with zero attached hydrogens (tertiary/aromatic N) is 1.